The molecule has 0 aliphatic carbocycles. The Morgan fingerprint density at radius 2 is 1.23 bits per heavy atom. The lowest BCUT2D eigenvalue weighted by Gasteiger charge is -2.24. The fourth-order valence-electron chi connectivity index (χ4n) is 3.62. The predicted octanol–water partition coefficient (Wildman–Crippen LogP) is 4.86. The molecule has 0 saturated carbocycles. The average molecular weight is 340 g/mol. The van der Waals surface area contributed by atoms with Gasteiger partial charge in [0.25, 0.3) is 5.91 Å². The third-order valence-corrected chi connectivity index (χ3v) is 4.83. The first-order chi connectivity index (χ1) is 12.8. The minimum absolute atomic E-state index is 0.0198. The lowest BCUT2D eigenvalue weighted by molar-refractivity contribution is -0.120. The van der Waals surface area contributed by atoms with Gasteiger partial charge < -0.3 is 0 Å². The van der Waals surface area contributed by atoms with Gasteiger partial charge in [-0.15, -0.1) is 0 Å². The van der Waals surface area contributed by atoms with E-state index in [0.29, 0.717) is 0 Å². The van der Waals surface area contributed by atoms with Gasteiger partial charge in [0.15, 0.2) is 0 Å². The molecule has 1 amide bonds. The van der Waals surface area contributed by atoms with Crippen molar-refractivity contribution in [2.45, 2.75) is 12.8 Å². The monoisotopic (exact) mass is 340 g/mol. The Hall–Kier alpha value is -3.20. The van der Waals surface area contributed by atoms with Gasteiger partial charge in [0.2, 0.25) is 0 Å². The van der Waals surface area contributed by atoms with E-state index < -0.39 is 0 Å². The van der Waals surface area contributed by atoms with Gasteiger partial charge in [-0.2, -0.15) is 5.10 Å². The Kier molecular flexibility index (Phi) is 4.36. The third-order valence-electron chi connectivity index (χ3n) is 4.83. The van der Waals surface area contributed by atoms with Gasteiger partial charge >= 0.3 is 0 Å². The van der Waals surface area contributed by atoms with E-state index in [2.05, 4.69) is 29.4 Å². The number of amides is 1. The van der Waals surface area contributed by atoms with Crippen molar-refractivity contribution in [3.63, 3.8) is 0 Å². The number of hydrogen-bond donors (Lipinski definition) is 0. The standard InChI is InChI=1S/C23H20N2O/c1-17-21(23(26)25(24-17)20-15-9-4-10-16-20)22(18-11-5-2-6-12-18)19-13-7-3-8-14-19/h2-16,21-22H,1H3. The van der Waals surface area contributed by atoms with Crippen molar-refractivity contribution in [3.05, 3.63) is 102 Å². The van der Waals surface area contributed by atoms with Gasteiger partial charge in [0, 0.05) is 11.6 Å². The highest BCUT2D eigenvalue weighted by molar-refractivity contribution is 6.15. The van der Waals surface area contributed by atoms with Crippen molar-refractivity contribution in [2.75, 3.05) is 5.01 Å². The molecular formula is C23H20N2O. The number of hydrazone groups is 1. The maximum absolute atomic E-state index is 13.3. The molecule has 26 heavy (non-hydrogen) atoms. The average Bonchev–Trinajstić information content (AvgIpc) is 2.99. The third kappa shape index (κ3) is 2.92. The minimum Gasteiger partial charge on any atom is -0.272 e. The van der Waals surface area contributed by atoms with Crippen LogP contribution in [0.25, 0.3) is 0 Å². The topological polar surface area (TPSA) is 32.7 Å². The molecule has 0 bridgehead atoms. The number of para-hydroxylation sites is 1. The summed E-state index contributed by atoms with van der Waals surface area (Å²) in [6, 6.07) is 30.0. The number of hydrogen-bond acceptors (Lipinski definition) is 2. The van der Waals surface area contributed by atoms with Crippen LogP contribution in [0.4, 0.5) is 5.69 Å². The number of rotatable bonds is 4. The lowest BCUT2D eigenvalue weighted by Crippen LogP contribution is -2.32. The highest BCUT2D eigenvalue weighted by atomic mass is 16.2. The van der Waals surface area contributed by atoms with Gasteiger partial charge in [-0.1, -0.05) is 78.9 Å². The fourth-order valence-corrected chi connectivity index (χ4v) is 3.62. The molecule has 128 valence electrons. The largest absolute Gasteiger partial charge is 0.272 e. The van der Waals surface area contributed by atoms with Crippen molar-refractivity contribution in [1.29, 1.82) is 0 Å². The Bertz CT molecular complexity index is 881. The van der Waals surface area contributed by atoms with Crippen LogP contribution < -0.4 is 5.01 Å². The highest BCUT2D eigenvalue weighted by Crippen LogP contribution is 2.38. The minimum atomic E-state index is -0.306. The number of nitrogens with zero attached hydrogens (tertiary/aromatic N) is 2. The van der Waals surface area contributed by atoms with Crippen molar-refractivity contribution in [3.8, 4) is 0 Å². The quantitative estimate of drug-likeness (QED) is 0.668. The Morgan fingerprint density at radius 1 is 0.769 bits per heavy atom. The number of anilines is 1. The molecule has 4 rings (SSSR count). The molecular weight excluding hydrogens is 320 g/mol. The molecule has 0 N–H and O–H groups in total. The van der Waals surface area contributed by atoms with Crippen LogP contribution in [0.15, 0.2) is 96.1 Å². The summed E-state index contributed by atoms with van der Waals surface area (Å²) in [4.78, 5) is 13.3. The van der Waals surface area contributed by atoms with Gasteiger partial charge in [-0.3, -0.25) is 4.79 Å². The first-order valence-electron chi connectivity index (χ1n) is 8.80. The second-order valence-electron chi connectivity index (χ2n) is 6.50. The normalized spacial score (nSPS) is 16.8. The van der Waals surface area contributed by atoms with Crippen LogP contribution in [-0.2, 0) is 4.79 Å². The fraction of sp³-hybridized carbons (Fsp3) is 0.130. The summed E-state index contributed by atoms with van der Waals surface area (Å²) >= 11 is 0. The molecule has 0 aromatic heterocycles. The molecule has 3 heteroatoms. The molecule has 0 fully saturated rings. The van der Waals surface area contributed by atoms with Crippen LogP contribution in [0.5, 0.6) is 0 Å². The van der Waals surface area contributed by atoms with E-state index in [4.69, 9.17) is 0 Å². The first kappa shape index (κ1) is 16.3. The van der Waals surface area contributed by atoms with Crippen LogP contribution in [-0.4, -0.2) is 11.6 Å². The summed E-state index contributed by atoms with van der Waals surface area (Å²) < 4.78 is 0. The van der Waals surface area contributed by atoms with Crippen molar-refractivity contribution in [1.82, 2.24) is 0 Å². The summed E-state index contributed by atoms with van der Waals surface area (Å²) in [5.41, 5.74) is 3.90. The van der Waals surface area contributed by atoms with Gasteiger partial charge in [-0.25, -0.2) is 5.01 Å². The van der Waals surface area contributed by atoms with E-state index in [1.54, 1.807) is 5.01 Å². The van der Waals surface area contributed by atoms with Crippen molar-refractivity contribution < 1.29 is 4.79 Å². The van der Waals surface area contributed by atoms with Gasteiger partial charge in [-0.05, 0) is 30.2 Å². The van der Waals surface area contributed by atoms with Crippen LogP contribution in [0.2, 0.25) is 0 Å². The van der Waals surface area contributed by atoms with Crippen molar-refractivity contribution >= 4 is 17.3 Å². The summed E-state index contributed by atoms with van der Waals surface area (Å²) in [7, 11) is 0. The molecule has 0 radical (unpaired) electrons. The van der Waals surface area contributed by atoms with E-state index in [-0.39, 0.29) is 17.7 Å². The van der Waals surface area contributed by atoms with E-state index in [1.807, 2.05) is 73.7 Å². The SMILES string of the molecule is CC1=NN(c2ccccc2)C(=O)C1C(c1ccccc1)c1ccccc1. The molecule has 0 saturated heterocycles. The number of carbonyl (C=O) groups excluding carboxylic acids is 1. The molecule has 1 unspecified atom stereocenters. The maximum atomic E-state index is 13.3. The predicted molar refractivity (Wildman–Crippen MR) is 105 cm³/mol. The zero-order valence-corrected chi connectivity index (χ0v) is 14.6. The summed E-state index contributed by atoms with van der Waals surface area (Å²) in [5, 5.41) is 6.13. The molecule has 1 atom stereocenters. The maximum Gasteiger partial charge on any atom is 0.257 e. The van der Waals surface area contributed by atoms with Crippen LogP contribution >= 0.6 is 0 Å². The first-order valence-corrected chi connectivity index (χ1v) is 8.80. The highest BCUT2D eigenvalue weighted by Gasteiger charge is 2.41. The zero-order valence-electron chi connectivity index (χ0n) is 14.6. The van der Waals surface area contributed by atoms with E-state index >= 15 is 0 Å². The van der Waals surface area contributed by atoms with E-state index in [9.17, 15) is 4.79 Å². The van der Waals surface area contributed by atoms with Crippen LogP contribution in [0.1, 0.15) is 24.0 Å². The zero-order chi connectivity index (χ0) is 17.9. The molecule has 3 nitrogen and oxygen atoms in total. The van der Waals surface area contributed by atoms with Crippen molar-refractivity contribution in [2.24, 2.45) is 11.0 Å². The van der Waals surface area contributed by atoms with Gasteiger partial charge in [0.05, 0.1) is 11.6 Å². The summed E-state index contributed by atoms with van der Waals surface area (Å²) in [6.07, 6.45) is 0. The molecule has 3 aromatic carbocycles. The Balaban J connectivity index is 1.77. The molecule has 1 aliphatic rings. The van der Waals surface area contributed by atoms with Gasteiger partial charge in [0.1, 0.15) is 0 Å². The van der Waals surface area contributed by atoms with E-state index in [0.717, 1.165) is 22.5 Å². The summed E-state index contributed by atoms with van der Waals surface area (Å²) in [6.45, 7) is 1.95. The smallest absolute Gasteiger partial charge is 0.257 e. The molecule has 1 aliphatic heterocycles. The second-order valence-corrected chi connectivity index (χ2v) is 6.50. The second kappa shape index (κ2) is 6.96. The Morgan fingerprint density at radius 3 is 1.73 bits per heavy atom. The van der Waals surface area contributed by atoms with E-state index in [1.165, 1.54) is 0 Å². The Labute approximate surface area is 153 Å². The molecule has 3 aromatic rings. The molecule has 0 spiro atoms. The number of benzene rings is 3. The number of carbonyl (C=O) groups is 1. The van der Waals surface area contributed by atoms with Crippen LogP contribution in [0.3, 0.4) is 0 Å². The summed E-state index contributed by atoms with van der Waals surface area (Å²) in [5.74, 6) is -0.339. The lowest BCUT2D eigenvalue weighted by atomic mass is 9.78. The molecule has 1 heterocycles. The van der Waals surface area contributed by atoms with Crippen LogP contribution in [0, 0.1) is 5.92 Å².